The van der Waals surface area contributed by atoms with Gasteiger partial charge in [0.2, 0.25) is 0 Å². The van der Waals surface area contributed by atoms with E-state index in [9.17, 15) is 0 Å². The normalized spacial score (nSPS) is 11.6. The van der Waals surface area contributed by atoms with Crippen molar-refractivity contribution >= 4 is 21.8 Å². The van der Waals surface area contributed by atoms with Crippen molar-refractivity contribution in [1.29, 1.82) is 0 Å². The molecule has 54 heavy (non-hydrogen) atoms. The van der Waals surface area contributed by atoms with Crippen LogP contribution in [0, 0.1) is 53.7 Å². The number of ether oxygens (including phenoxy) is 1. The summed E-state index contributed by atoms with van der Waals surface area (Å²) in [6, 6.07) is 37.3. The van der Waals surface area contributed by atoms with Crippen molar-refractivity contribution in [3.63, 3.8) is 0 Å². The molecule has 8 aromatic rings. The maximum Gasteiger partial charge on any atom is 2.00 e. The molecule has 0 aliphatic rings. The van der Waals surface area contributed by atoms with E-state index in [1.807, 2.05) is 31.6 Å². The van der Waals surface area contributed by atoms with E-state index in [1.54, 1.807) is 0 Å². The summed E-state index contributed by atoms with van der Waals surface area (Å²) in [7, 11) is 0. The summed E-state index contributed by atoms with van der Waals surface area (Å²) in [6.07, 6.45) is 5.77. The molecule has 0 N–H and O–H groups in total. The van der Waals surface area contributed by atoms with Crippen LogP contribution in [0.4, 0.5) is 0 Å². The van der Waals surface area contributed by atoms with Crippen molar-refractivity contribution in [2.75, 3.05) is 0 Å². The molecule has 0 bridgehead atoms. The Hall–Kier alpha value is -5.25. The van der Waals surface area contributed by atoms with Crippen molar-refractivity contribution < 1.29 is 25.8 Å². The molecular formula is C48H44N4OPt. The minimum Gasteiger partial charge on any atom is -0.503 e. The number of benzene rings is 5. The molecule has 0 saturated heterocycles. The van der Waals surface area contributed by atoms with Crippen molar-refractivity contribution in [2.45, 2.75) is 67.7 Å². The van der Waals surface area contributed by atoms with Gasteiger partial charge in [-0.2, -0.15) is 6.07 Å². The average Bonchev–Trinajstić information content (AvgIpc) is 3.71. The topological polar surface area (TPSA) is 44.9 Å². The first kappa shape index (κ1) is 37.1. The number of hydrogen-bond acceptors (Lipinski definition) is 3. The van der Waals surface area contributed by atoms with Crippen LogP contribution >= 0.6 is 0 Å². The predicted molar refractivity (Wildman–Crippen MR) is 218 cm³/mol. The van der Waals surface area contributed by atoms with E-state index in [0.29, 0.717) is 11.5 Å². The fraction of sp³-hybridized carbons (Fsp3) is 0.208. The van der Waals surface area contributed by atoms with Crippen LogP contribution in [0.25, 0.3) is 55.8 Å². The van der Waals surface area contributed by atoms with Gasteiger partial charge in [0.25, 0.3) is 0 Å². The minimum absolute atomic E-state index is 0. The predicted octanol–water partition coefficient (Wildman–Crippen LogP) is 12.2. The summed E-state index contributed by atoms with van der Waals surface area (Å²) in [5.41, 5.74) is 14.9. The second-order valence-electron chi connectivity index (χ2n) is 15.4. The van der Waals surface area contributed by atoms with E-state index in [2.05, 4.69) is 156 Å². The van der Waals surface area contributed by atoms with Gasteiger partial charge in [-0.1, -0.05) is 92.9 Å². The molecule has 272 valence electrons. The molecule has 8 rings (SSSR count). The summed E-state index contributed by atoms with van der Waals surface area (Å²) in [6.45, 7) is 19.7. The molecule has 5 aromatic carbocycles. The summed E-state index contributed by atoms with van der Waals surface area (Å²) >= 11 is 0. The second-order valence-corrected chi connectivity index (χ2v) is 15.4. The third kappa shape index (κ3) is 6.60. The van der Waals surface area contributed by atoms with Crippen LogP contribution in [0.3, 0.4) is 0 Å². The summed E-state index contributed by atoms with van der Waals surface area (Å²) < 4.78 is 11.0. The van der Waals surface area contributed by atoms with Gasteiger partial charge in [0.1, 0.15) is 5.82 Å². The smallest absolute Gasteiger partial charge is 0.503 e. The summed E-state index contributed by atoms with van der Waals surface area (Å²) in [5, 5.41) is 2.22. The first-order valence-corrected chi connectivity index (χ1v) is 18.2. The zero-order valence-corrected chi connectivity index (χ0v) is 34.6. The molecule has 0 amide bonds. The molecule has 0 saturated carbocycles. The van der Waals surface area contributed by atoms with E-state index in [4.69, 9.17) is 14.7 Å². The molecule has 6 heteroatoms. The number of fused-ring (bicyclic) bond motifs is 3. The molecule has 0 unspecified atom stereocenters. The van der Waals surface area contributed by atoms with E-state index < -0.39 is 0 Å². The zero-order chi connectivity index (χ0) is 37.2. The molecule has 3 aromatic heterocycles. The molecular weight excluding hydrogens is 844 g/mol. The standard InChI is InChI=1S/C48H44N4O.Pt/c1-29-22-33(5)46(34(6)23-29)51-21-20-50-47(51)36-15-14-30(2)43(26-36)53-38-16-17-40-39-12-10-11-13-41(39)52(42(40)28-38)44-27-35(18-19-49-44)45-31(3)24-37(25-32(45)4)48(7,8)9;/h10-25,27H,1-9H3;/q-2;+2. The number of para-hydroxylation sites is 1. The molecule has 0 atom stereocenters. The first-order valence-electron chi connectivity index (χ1n) is 18.2. The SMILES string of the molecule is Cc1cc(C)c(-n2ccnc2-c2[c-]c(Oc3[c-]c4c(cc3)c3ccccc3n4-c3cc(-c4c(C)cc(C(C)(C)C)cc4C)ccn3)c(C)cc2)c(C)c1.[Pt+2]. The fourth-order valence-electron chi connectivity index (χ4n) is 7.85. The van der Waals surface area contributed by atoms with E-state index in [1.165, 1.54) is 38.9 Å². The van der Waals surface area contributed by atoms with Crippen LogP contribution in [-0.2, 0) is 26.5 Å². The molecule has 0 spiro atoms. The number of aryl methyl sites for hydroxylation is 6. The largest absolute Gasteiger partial charge is 2.00 e. The molecule has 0 fully saturated rings. The Bertz CT molecular complexity index is 2660. The van der Waals surface area contributed by atoms with Gasteiger partial charge in [0.05, 0.1) is 5.82 Å². The maximum atomic E-state index is 6.63. The zero-order valence-electron chi connectivity index (χ0n) is 32.3. The Morgan fingerprint density at radius 3 is 2.11 bits per heavy atom. The van der Waals surface area contributed by atoms with Gasteiger partial charge in [-0.3, -0.25) is 4.98 Å². The number of pyridine rings is 1. The summed E-state index contributed by atoms with van der Waals surface area (Å²) in [4.78, 5) is 9.70. The number of nitrogens with zero attached hydrogens (tertiary/aromatic N) is 4. The quantitative estimate of drug-likeness (QED) is 0.156. The van der Waals surface area contributed by atoms with Gasteiger partial charge < -0.3 is 13.9 Å². The van der Waals surface area contributed by atoms with E-state index >= 15 is 0 Å². The Morgan fingerprint density at radius 2 is 1.39 bits per heavy atom. The third-order valence-electron chi connectivity index (χ3n) is 10.3. The first-order chi connectivity index (χ1) is 25.4. The second kappa shape index (κ2) is 14.2. The number of hydrogen-bond donors (Lipinski definition) is 0. The van der Waals surface area contributed by atoms with Crippen LogP contribution in [0.15, 0.2) is 104 Å². The molecule has 3 heterocycles. The van der Waals surface area contributed by atoms with E-state index in [0.717, 1.165) is 55.8 Å². The minimum atomic E-state index is 0. The summed E-state index contributed by atoms with van der Waals surface area (Å²) in [5.74, 6) is 2.89. The number of rotatable bonds is 6. The fourth-order valence-corrected chi connectivity index (χ4v) is 7.85. The van der Waals surface area contributed by atoms with Crippen molar-refractivity contribution in [1.82, 2.24) is 19.1 Å². The van der Waals surface area contributed by atoms with Gasteiger partial charge in [-0.05, 0) is 103 Å². The number of imidazole rings is 1. The van der Waals surface area contributed by atoms with Gasteiger partial charge in [-0.25, -0.2) is 4.98 Å². The van der Waals surface area contributed by atoms with Gasteiger partial charge in [0.15, 0.2) is 0 Å². The van der Waals surface area contributed by atoms with Crippen LogP contribution in [0.2, 0.25) is 0 Å². The Morgan fingerprint density at radius 1 is 0.667 bits per heavy atom. The molecule has 5 nitrogen and oxygen atoms in total. The van der Waals surface area contributed by atoms with Gasteiger partial charge in [-0.15, -0.1) is 35.2 Å². The Balaban J connectivity index is 0.00000450. The van der Waals surface area contributed by atoms with Crippen molar-refractivity contribution in [2.24, 2.45) is 0 Å². The van der Waals surface area contributed by atoms with Gasteiger partial charge >= 0.3 is 21.1 Å². The van der Waals surface area contributed by atoms with Crippen LogP contribution < -0.4 is 4.74 Å². The molecule has 0 aliphatic heterocycles. The Labute approximate surface area is 333 Å². The monoisotopic (exact) mass is 887 g/mol. The molecule has 0 radical (unpaired) electrons. The van der Waals surface area contributed by atoms with Crippen LogP contribution in [0.5, 0.6) is 11.5 Å². The third-order valence-corrected chi connectivity index (χ3v) is 10.3. The Kier molecular flexibility index (Phi) is 9.74. The van der Waals surface area contributed by atoms with Crippen molar-refractivity contribution in [3.05, 3.63) is 155 Å². The molecule has 0 aliphatic carbocycles. The average molecular weight is 888 g/mol. The van der Waals surface area contributed by atoms with Crippen LogP contribution in [-0.4, -0.2) is 19.1 Å². The van der Waals surface area contributed by atoms with Gasteiger partial charge in [0, 0.05) is 41.3 Å². The van der Waals surface area contributed by atoms with E-state index in [-0.39, 0.29) is 26.5 Å². The maximum absolute atomic E-state index is 6.63. The number of aromatic nitrogens is 4. The van der Waals surface area contributed by atoms with Crippen LogP contribution in [0.1, 0.15) is 59.7 Å². The van der Waals surface area contributed by atoms with Crippen molar-refractivity contribution in [3.8, 4) is 45.5 Å².